The van der Waals surface area contributed by atoms with Gasteiger partial charge in [-0.05, 0) is 12.8 Å². The second kappa shape index (κ2) is 5.49. The molecular formula is C9H18FNO. The van der Waals surface area contributed by atoms with Crippen LogP contribution in [-0.2, 0) is 0 Å². The molecule has 0 spiro atoms. The van der Waals surface area contributed by atoms with E-state index in [0.717, 1.165) is 25.7 Å². The SMILES string of the molecule is OC1CCCCCC1NCCF. The summed E-state index contributed by atoms with van der Waals surface area (Å²) in [6, 6.07) is 0.128. The summed E-state index contributed by atoms with van der Waals surface area (Å²) in [6.07, 6.45) is 5.05. The van der Waals surface area contributed by atoms with E-state index in [4.69, 9.17) is 0 Å². The van der Waals surface area contributed by atoms with Crippen molar-refractivity contribution in [2.24, 2.45) is 0 Å². The van der Waals surface area contributed by atoms with Crippen LogP contribution in [0.3, 0.4) is 0 Å². The summed E-state index contributed by atoms with van der Waals surface area (Å²) >= 11 is 0. The molecule has 0 aromatic carbocycles. The van der Waals surface area contributed by atoms with Crippen LogP contribution in [0.1, 0.15) is 32.1 Å². The Bertz CT molecular complexity index is 121. The van der Waals surface area contributed by atoms with Crippen LogP contribution >= 0.6 is 0 Å². The molecule has 1 rings (SSSR count). The van der Waals surface area contributed by atoms with Gasteiger partial charge in [0.15, 0.2) is 0 Å². The molecule has 2 atom stereocenters. The molecule has 0 radical (unpaired) electrons. The van der Waals surface area contributed by atoms with E-state index in [2.05, 4.69) is 5.32 Å². The number of rotatable bonds is 3. The molecule has 0 saturated heterocycles. The zero-order valence-corrected chi connectivity index (χ0v) is 7.43. The number of aliphatic hydroxyl groups excluding tert-OH is 1. The topological polar surface area (TPSA) is 32.3 Å². The van der Waals surface area contributed by atoms with Crippen LogP contribution in [0.5, 0.6) is 0 Å². The van der Waals surface area contributed by atoms with E-state index in [1.165, 1.54) is 6.42 Å². The molecule has 0 aromatic heterocycles. The van der Waals surface area contributed by atoms with E-state index >= 15 is 0 Å². The first-order valence-corrected chi connectivity index (χ1v) is 4.82. The molecule has 2 N–H and O–H groups in total. The molecule has 1 fully saturated rings. The van der Waals surface area contributed by atoms with Gasteiger partial charge in [0.05, 0.1) is 6.10 Å². The zero-order chi connectivity index (χ0) is 8.81. The first-order chi connectivity index (χ1) is 5.84. The Morgan fingerprint density at radius 2 is 2.00 bits per heavy atom. The van der Waals surface area contributed by atoms with Crippen LogP contribution in [-0.4, -0.2) is 30.5 Å². The molecule has 0 aromatic rings. The minimum absolute atomic E-state index is 0.128. The third-order valence-corrected chi connectivity index (χ3v) is 2.48. The summed E-state index contributed by atoms with van der Waals surface area (Å²) in [5, 5.41) is 12.6. The second-order valence-electron chi connectivity index (χ2n) is 3.45. The van der Waals surface area contributed by atoms with E-state index in [-0.39, 0.29) is 18.8 Å². The van der Waals surface area contributed by atoms with E-state index < -0.39 is 0 Å². The quantitative estimate of drug-likeness (QED) is 0.632. The Labute approximate surface area is 73.2 Å². The fourth-order valence-corrected chi connectivity index (χ4v) is 1.77. The van der Waals surface area contributed by atoms with Crippen LogP contribution < -0.4 is 5.32 Å². The molecule has 12 heavy (non-hydrogen) atoms. The predicted octanol–water partition coefficient (Wildman–Crippen LogP) is 1.24. The Morgan fingerprint density at radius 1 is 1.25 bits per heavy atom. The van der Waals surface area contributed by atoms with Crippen LogP contribution in [0.15, 0.2) is 0 Å². The predicted molar refractivity (Wildman–Crippen MR) is 46.9 cm³/mol. The normalized spacial score (nSPS) is 31.5. The van der Waals surface area contributed by atoms with Gasteiger partial charge in [0.1, 0.15) is 6.67 Å². The minimum Gasteiger partial charge on any atom is -0.392 e. The summed E-state index contributed by atoms with van der Waals surface area (Å²) in [5.41, 5.74) is 0. The largest absolute Gasteiger partial charge is 0.392 e. The summed E-state index contributed by atoms with van der Waals surface area (Å²) in [7, 11) is 0. The van der Waals surface area contributed by atoms with Gasteiger partial charge in [0.2, 0.25) is 0 Å². The monoisotopic (exact) mass is 175 g/mol. The Hall–Kier alpha value is -0.150. The number of hydrogen-bond donors (Lipinski definition) is 2. The lowest BCUT2D eigenvalue weighted by molar-refractivity contribution is 0.119. The van der Waals surface area contributed by atoms with Crippen molar-refractivity contribution in [1.29, 1.82) is 0 Å². The third-order valence-electron chi connectivity index (χ3n) is 2.48. The molecule has 0 bridgehead atoms. The highest BCUT2D eigenvalue weighted by Gasteiger charge is 2.20. The van der Waals surface area contributed by atoms with Gasteiger partial charge in [0.25, 0.3) is 0 Å². The van der Waals surface area contributed by atoms with Gasteiger partial charge in [0, 0.05) is 12.6 Å². The standard InChI is InChI=1S/C9H18FNO/c10-6-7-11-8-4-2-1-3-5-9(8)12/h8-9,11-12H,1-7H2. The molecule has 1 aliphatic carbocycles. The summed E-state index contributed by atoms with van der Waals surface area (Å²) < 4.78 is 11.8. The molecule has 0 heterocycles. The Morgan fingerprint density at radius 3 is 2.75 bits per heavy atom. The van der Waals surface area contributed by atoms with Crippen LogP contribution in [0.2, 0.25) is 0 Å². The summed E-state index contributed by atoms with van der Waals surface area (Å²) in [4.78, 5) is 0. The van der Waals surface area contributed by atoms with Gasteiger partial charge < -0.3 is 10.4 Å². The van der Waals surface area contributed by atoms with Crippen molar-refractivity contribution in [3.8, 4) is 0 Å². The average molecular weight is 175 g/mol. The lowest BCUT2D eigenvalue weighted by Gasteiger charge is -2.20. The average Bonchev–Trinajstić information content (AvgIpc) is 2.27. The Kier molecular flexibility index (Phi) is 4.54. The molecule has 1 saturated carbocycles. The van der Waals surface area contributed by atoms with E-state index in [9.17, 15) is 9.50 Å². The maximum absolute atomic E-state index is 11.8. The molecule has 72 valence electrons. The van der Waals surface area contributed by atoms with Crippen LogP contribution in [0.25, 0.3) is 0 Å². The number of hydrogen-bond acceptors (Lipinski definition) is 2. The highest BCUT2D eigenvalue weighted by atomic mass is 19.1. The van der Waals surface area contributed by atoms with E-state index in [1.807, 2.05) is 0 Å². The maximum Gasteiger partial charge on any atom is 0.102 e. The highest BCUT2D eigenvalue weighted by Crippen LogP contribution is 2.17. The van der Waals surface area contributed by atoms with E-state index in [1.54, 1.807) is 0 Å². The van der Waals surface area contributed by atoms with E-state index in [0.29, 0.717) is 6.54 Å². The molecule has 2 unspecified atom stereocenters. The smallest absolute Gasteiger partial charge is 0.102 e. The fourth-order valence-electron chi connectivity index (χ4n) is 1.77. The van der Waals surface area contributed by atoms with Gasteiger partial charge in [-0.1, -0.05) is 19.3 Å². The van der Waals surface area contributed by atoms with Crippen molar-refractivity contribution < 1.29 is 9.50 Å². The molecule has 2 nitrogen and oxygen atoms in total. The van der Waals surface area contributed by atoms with Gasteiger partial charge >= 0.3 is 0 Å². The van der Waals surface area contributed by atoms with Crippen molar-refractivity contribution in [3.05, 3.63) is 0 Å². The van der Waals surface area contributed by atoms with Crippen molar-refractivity contribution in [1.82, 2.24) is 5.32 Å². The number of halogens is 1. The van der Waals surface area contributed by atoms with Crippen LogP contribution in [0, 0.1) is 0 Å². The molecule has 0 amide bonds. The number of nitrogens with one attached hydrogen (secondary N) is 1. The van der Waals surface area contributed by atoms with Gasteiger partial charge in [-0.15, -0.1) is 0 Å². The second-order valence-corrected chi connectivity index (χ2v) is 3.45. The first-order valence-electron chi connectivity index (χ1n) is 4.82. The third kappa shape index (κ3) is 3.07. The fraction of sp³-hybridized carbons (Fsp3) is 1.00. The number of aliphatic hydroxyl groups is 1. The van der Waals surface area contributed by atoms with Crippen molar-refractivity contribution in [3.63, 3.8) is 0 Å². The first kappa shape index (κ1) is 9.93. The Balaban J connectivity index is 2.26. The molecule has 3 heteroatoms. The lowest BCUT2D eigenvalue weighted by Crippen LogP contribution is -2.40. The molecular weight excluding hydrogens is 157 g/mol. The number of alkyl halides is 1. The maximum atomic E-state index is 11.8. The van der Waals surface area contributed by atoms with Gasteiger partial charge in [-0.25, -0.2) is 4.39 Å². The van der Waals surface area contributed by atoms with Crippen molar-refractivity contribution >= 4 is 0 Å². The summed E-state index contributed by atoms with van der Waals surface area (Å²) in [5.74, 6) is 0. The molecule has 0 aliphatic heterocycles. The van der Waals surface area contributed by atoms with Crippen molar-refractivity contribution in [2.45, 2.75) is 44.2 Å². The van der Waals surface area contributed by atoms with Crippen molar-refractivity contribution in [2.75, 3.05) is 13.2 Å². The minimum atomic E-state index is -0.344. The van der Waals surface area contributed by atoms with Gasteiger partial charge in [-0.2, -0.15) is 0 Å². The van der Waals surface area contributed by atoms with Gasteiger partial charge in [-0.3, -0.25) is 0 Å². The van der Waals surface area contributed by atoms with Crippen LogP contribution in [0.4, 0.5) is 4.39 Å². The zero-order valence-electron chi connectivity index (χ0n) is 7.43. The lowest BCUT2D eigenvalue weighted by atomic mass is 10.1. The highest BCUT2D eigenvalue weighted by molar-refractivity contribution is 4.78. The molecule has 1 aliphatic rings. The summed E-state index contributed by atoms with van der Waals surface area (Å²) in [6.45, 7) is 0.0327.